The maximum Gasteiger partial charge on any atom is 0.326 e. The molecule has 0 spiro atoms. The van der Waals surface area contributed by atoms with Gasteiger partial charge in [-0.2, -0.15) is 5.26 Å². The van der Waals surface area contributed by atoms with E-state index in [-0.39, 0.29) is 18.3 Å². The Labute approximate surface area is 269 Å². The number of hydrogen-bond donors (Lipinski definition) is 2. The SMILES string of the molecule is N#Cc1cc(-c2ccccc2)c(-c2ccc(CN3CCC(n4c(=O)[nH]c5ccccc54)CC3)cc2)nc1N1CCN(CCO)CC1. The second-order valence-corrected chi connectivity index (χ2v) is 12.3. The van der Waals surface area contributed by atoms with Crippen LogP contribution in [0.3, 0.4) is 0 Å². The number of para-hydroxylation sites is 2. The summed E-state index contributed by atoms with van der Waals surface area (Å²) in [5.74, 6) is 0.724. The molecule has 2 aromatic heterocycles. The fraction of sp³-hybridized carbons (Fsp3) is 0.324. The van der Waals surface area contributed by atoms with E-state index in [1.165, 1.54) is 5.56 Å². The Morgan fingerprint density at radius 2 is 1.57 bits per heavy atom. The summed E-state index contributed by atoms with van der Waals surface area (Å²) >= 11 is 0. The quantitative estimate of drug-likeness (QED) is 0.257. The first kappa shape index (κ1) is 29.9. The summed E-state index contributed by atoms with van der Waals surface area (Å²) in [6, 6.07) is 31.4. The molecule has 0 radical (unpaired) electrons. The second kappa shape index (κ2) is 13.3. The number of rotatable bonds is 8. The van der Waals surface area contributed by atoms with Crippen LogP contribution in [-0.4, -0.2) is 81.9 Å². The average Bonchev–Trinajstić information content (AvgIpc) is 3.45. The topological polar surface area (TPSA) is 104 Å². The van der Waals surface area contributed by atoms with E-state index in [0.29, 0.717) is 12.1 Å². The van der Waals surface area contributed by atoms with Crippen LogP contribution >= 0.6 is 0 Å². The molecule has 0 saturated carbocycles. The van der Waals surface area contributed by atoms with E-state index < -0.39 is 0 Å². The van der Waals surface area contributed by atoms with Gasteiger partial charge in [0.2, 0.25) is 0 Å². The highest BCUT2D eigenvalue weighted by Crippen LogP contribution is 2.35. The largest absolute Gasteiger partial charge is 0.395 e. The summed E-state index contributed by atoms with van der Waals surface area (Å²) < 4.78 is 1.94. The maximum atomic E-state index is 12.7. The standard InChI is InChI=1S/C37H39N7O2/c38-25-30-24-32(28-6-2-1-3-7-28)35(40-36(30)43-20-18-41(19-21-43)22-23-45)29-12-10-27(11-13-29)26-42-16-14-31(15-17-42)44-34-9-5-4-8-33(34)39-37(44)46/h1-13,24,31,45H,14-23,26H2,(H,39,46). The van der Waals surface area contributed by atoms with Crippen molar-refractivity contribution < 1.29 is 5.11 Å². The maximum absolute atomic E-state index is 12.7. The lowest BCUT2D eigenvalue weighted by molar-refractivity contribution is 0.180. The molecule has 2 N–H and O–H groups in total. The van der Waals surface area contributed by atoms with Gasteiger partial charge in [-0.05, 0) is 42.2 Å². The Balaban J connectivity index is 1.10. The summed E-state index contributed by atoms with van der Waals surface area (Å²) in [5.41, 5.74) is 7.54. The molecule has 2 aliphatic heterocycles. The van der Waals surface area contributed by atoms with Gasteiger partial charge in [-0.15, -0.1) is 0 Å². The number of aliphatic hydroxyl groups is 1. The average molecular weight is 614 g/mol. The predicted octanol–water partition coefficient (Wildman–Crippen LogP) is 4.88. The van der Waals surface area contributed by atoms with Gasteiger partial charge in [0.15, 0.2) is 0 Å². The van der Waals surface area contributed by atoms with Crippen molar-refractivity contribution >= 4 is 16.9 Å². The van der Waals surface area contributed by atoms with Crippen molar-refractivity contribution in [1.29, 1.82) is 5.26 Å². The third-order valence-electron chi connectivity index (χ3n) is 9.48. The number of imidazole rings is 1. The van der Waals surface area contributed by atoms with Crippen molar-refractivity contribution in [3.05, 3.63) is 107 Å². The molecule has 5 aromatic rings. The molecule has 0 unspecified atom stereocenters. The van der Waals surface area contributed by atoms with Gasteiger partial charge in [-0.25, -0.2) is 9.78 Å². The number of anilines is 1. The number of β-amino-alcohol motifs (C(OH)–C–C–N with tert-alkyl or cyclic N) is 1. The highest BCUT2D eigenvalue weighted by Gasteiger charge is 2.25. The molecular formula is C37H39N7O2. The lowest BCUT2D eigenvalue weighted by atomic mass is 9.96. The fourth-order valence-electron chi connectivity index (χ4n) is 7.01. The number of H-pyrrole nitrogens is 1. The molecule has 0 bridgehead atoms. The van der Waals surface area contributed by atoms with Crippen LogP contribution in [0.25, 0.3) is 33.4 Å². The van der Waals surface area contributed by atoms with Crippen LogP contribution in [0.15, 0.2) is 89.7 Å². The van der Waals surface area contributed by atoms with Crippen molar-refractivity contribution in [3.8, 4) is 28.5 Å². The van der Waals surface area contributed by atoms with Gasteiger partial charge < -0.3 is 15.0 Å². The van der Waals surface area contributed by atoms with Gasteiger partial charge in [0.25, 0.3) is 0 Å². The van der Waals surface area contributed by atoms with Crippen molar-refractivity contribution in [2.45, 2.75) is 25.4 Å². The van der Waals surface area contributed by atoms with Gasteiger partial charge in [-0.3, -0.25) is 14.4 Å². The van der Waals surface area contributed by atoms with Crippen LogP contribution in [0, 0.1) is 11.3 Å². The number of piperidine rings is 1. The zero-order valence-corrected chi connectivity index (χ0v) is 26.0. The van der Waals surface area contributed by atoms with E-state index in [1.807, 2.05) is 53.1 Å². The zero-order chi connectivity index (χ0) is 31.5. The molecule has 0 atom stereocenters. The van der Waals surface area contributed by atoms with E-state index >= 15 is 0 Å². The van der Waals surface area contributed by atoms with Crippen molar-refractivity contribution in [2.75, 3.05) is 57.3 Å². The number of aromatic amines is 1. The molecule has 3 aromatic carbocycles. The Morgan fingerprint density at radius 1 is 0.848 bits per heavy atom. The van der Waals surface area contributed by atoms with Crippen molar-refractivity contribution in [3.63, 3.8) is 0 Å². The molecule has 46 heavy (non-hydrogen) atoms. The van der Waals surface area contributed by atoms with Gasteiger partial charge >= 0.3 is 5.69 Å². The van der Waals surface area contributed by atoms with Crippen LogP contribution < -0.4 is 10.6 Å². The predicted molar refractivity (Wildman–Crippen MR) is 182 cm³/mol. The molecular weight excluding hydrogens is 574 g/mol. The van der Waals surface area contributed by atoms with Gasteiger partial charge in [0, 0.05) is 69.5 Å². The van der Waals surface area contributed by atoms with Crippen LogP contribution in [0.5, 0.6) is 0 Å². The number of aliphatic hydroxyl groups excluding tert-OH is 1. The highest BCUT2D eigenvalue weighted by molar-refractivity contribution is 5.84. The number of fused-ring (bicyclic) bond motifs is 1. The molecule has 7 rings (SSSR count). The number of hydrogen-bond acceptors (Lipinski definition) is 7. The van der Waals surface area contributed by atoms with E-state index in [4.69, 9.17) is 4.98 Å². The van der Waals surface area contributed by atoms with E-state index in [1.54, 1.807) is 0 Å². The highest BCUT2D eigenvalue weighted by atomic mass is 16.3. The molecule has 0 amide bonds. The van der Waals surface area contributed by atoms with Crippen LogP contribution in [-0.2, 0) is 6.54 Å². The Morgan fingerprint density at radius 3 is 2.28 bits per heavy atom. The van der Waals surface area contributed by atoms with Crippen molar-refractivity contribution in [2.24, 2.45) is 0 Å². The number of nitriles is 1. The first-order valence-corrected chi connectivity index (χ1v) is 16.2. The summed E-state index contributed by atoms with van der Waals surface area (Å²) in [4.78, 5) is 27.8. The first-order chi connectivity index (χ1) is 22.6. The summed E-state index contributed by atoms with van der Waals surface area (Å²) in [7, 11) is 0. The molecule has 0 aliphatic carbocycles. The van der Waals surface area contributed by atoms with Gasteiger partial charge in [0.1, 0.15) is 11.9 Å². The summed E-state index contributed by atoms with van der Waals surface area (Å²) in [6.07, 6.45) is 1.87. The lowest BCUT2D eigenvalue weighted by Crippen LogP contribution is -2.47. The van der Waals surface area contributed by atoms with Crippen LogP contribution in [0.1, 0.15) is 30.0 Å². The van der Waals surface area contributed by atoms with E-state index in [0.717, 1.165) is 97.9 Å². The van der Waals surface area contributed by atoms with Gasteiger partial charge in [0.05, 0.1) is 28.9 Å². The number of piperazine rings is 1. The monoisotopic (exact) mass is 613 g/mol. The Kier molecular flexibility index (Phi) is 8.66. The second-order valence-electron chi connectivity index (χ2n) is 12.3. The Hall–Kier alpha value is -4.75. The van der Waals surface area contributed by atoms with Crippen molar-refractivity contribution in [1.82, 2.24) is 24.3 Å². The molecule has 2 saturated heterocycles. The fourth-order valence-corrected chi connectivity index (χ4v) is 7.01. The minimum Gasteiger partial charge on any atom is -0.395 e. The molecule has 2 aliphatic rings. The van der Waals surface area contributed by atoms with Crippen LogP contribution in [0.2, 0.25) is 0 Å². The number of nitrogens with one attached hydrogen (secondary N) is 1. The number of likely N-dealkylation sites (tertiary alicyclic amines) is 1. The summed E-state index contributed by atoms with van der Waals surface area (Å²) in [5, 5.41) is 19.5. The minimum absolute atomic E-state index is 0.0198. The van der Waals surface area contributed by atoms with E-state index in [9.17, 15) is 15.2 Å². The number of nitrogens with zero attached hydrogens (tertiary/aromatic N) is 6. The van der Waals surface area contributed by atoms with Gasteiger partial charge in [-0.1, -0.05) is 66.7 Å². The molecule has 2 fully saturated rings. The number of pyridine rings is 1. The minimum atomic E-state index is -0.0198. The third kappa shape index (κ3) is 6.07. The molecule has 9 nitrogen and oxygen atoms in total. The Bertz CT molecular complexity index is 1890. The third-order valence-corrected chi connectivity index (χ3v) is 9.48. The van der Waals surface area contributed by atoms with E-state index in [2.05, 4.69) is 62.2 Å². The zero-order valence-electron chi connectivity index (χ0n) is 26.0. The normalized spacial score (nSPS) is 16.6. The molecule has 234 valence electrons. The lowest BCUT2D eigenvalue weighted by Gasteiger charge is -2.35. The first-order valence-electron chi connectivity index (χ1n) is 16.2. The summed E-state index contributed by atoms with van der Waals surface area (Å²) in [6.45, 7) is 6.71. The van der Waals surface area contributed by atoms with Crippen LogP contribution in [0.4, 0.5) is 5.82 Å². The number of benzene rings is 3. The number of aromatic nitrogens is 3. The molecule has 9 heteroatoms. The molecule has 4 heterocycles. The smallest absolute Gasteiger partial charge is 0.326 e.